The highest BCUT2D eigenvalue weighted by Gasteiger charge is 2.08. The van der Waals surface area contributed by atoms with Gasteiger partial charge in [-0.15, -0.1) is 0 Å². The van der Waals surface area contributed by atoms with E-state index in [1.165, 1.54) is 11.3 Å². The van der Waals surface area contributed by atoms with E-state index in [1.54, 1.807) is 0 Å². The van der Waals surface area contributed by atoms with E-state index in [0.29, 0.717) is 17.4 Å². The molecule has 0 fully saturated rings. The second-order valence-electron chi connectivity index (χ2n) is 4.73. The Labute approximate surface area is 140 Å². The number of amides is 2. The van der Waals surface area contributed by atoms with Crippen LogP contribution in [0.5, 0.6) is 0 Å². The van der Waals surface area contributed by atoms with Gasteiger partial charge in [-0.25, -0.2) is 9.78 Å². The zero-order valence-electron chi connectivity index (χ0n) is 12.2. The Bertz CT molecular complexity index is 800. The fourth-order valence-electron chi connectivity index (χ4n) is 2.01. The third-order valence-electron chi connectivity index (χ3n) is 3.09. The Kier molecular flexibility index (Phi) is 4.99. The summed E-state index contributed by atoms with van der Waals surface area (Å²) in [5.74, 6) is 0.372. The standard InChI is InChI=1S/C16H15N3O2S2/c20-15(17-10-11-23(21)12-6-2-1-3-7-12)19-16-18-13-8-4-5-9-14(13)22-16/h1-9H,10-11H2,(H2,17,18,19,20). The molecule has 118 valence electrons. The number of hydrogen-bond acceptors (Lipinski definition) is 4. The maximum absolute atomic E-state index is 12.0. The quantitative estimate of drug-likeness (QED) is 0.746. The number of fused-ring (bicyclic) bond motifs is 1. The van der Waals surface area contributed by atoms with Crippen molar-refractivity contribution in [2.75, 3.05) is 17.6 Å². The van der Waals surface area contributed by atoms with Gasteiger partial charge in [-0.3, -0.25) is 9.53 Å². The molecular weight excluding hydrogens is 330 g/mol. The SMILES string of the molecule is O=C(NCCS(=O)c1ccccc1)Nc1nc2ccccc2s1. The molecular formula is C16H15N3O2S2. The number of urea groups is 1. The molecule has 1 aromatic heterocycles. The number of rotatable bonds is 5. The number of para-hydroxylation sites is 1. The highest BCUT2D eigenvalue weighted by molar-refractivity contribution is 7.85. The summed E-state index contributed by atoms with van der Waals surface area (Å²) in [5.41, 5.74) is 0.859. The number of thiazole rings is 1. The van der Waals surface area contributed by atoms with Gasteiger partial charge in [0.2, 0.25) is 0 Å². The molecule has 3 aromatic rings. The van der Waals surface area contributed by atoms with E-state index in [9.17, 15) is 9.00 Å². The zero-order valence-corrected chi connectivity index (χ0v) is 13.8. The predicted octanol–water partition coefficient (Wildman–Crippen LogP) is 3.23. The summed E-state index contributed by atoms with van der Waals surface area (Å²) in [5, 5.41) is 5.95. The Morgan fingerprint density at radius 1 is 1.09 bits per heavy atom. The van der Waals surface area contributed by atoms with Gasteiger partial charge in [-0.2, -0.15) is 0 Å². The lowest BCUT2D eigenvalue weighted by Crippen LogP contribution is -2.31. The van der Waals surface area contributed by atoms with Crippen LogP contribution in [-0.2, 0) is 10.8 Å². The molecule has 2 N–H and O–H groups in total. The Hall–Kier alpha value is -2.25. The highest BCUT2D eigenvalue weighted by Crippen LogP contribution is 2.25. The average molecular weight is 345 g/mol. The van der Waals surface area contributed by atoms with Crippen LogP contribution in [0.4, 0.5) is 9.93 Å². The summed E-state index contributed by atoms with van der Waals surface area (Å²) in [6.07, 6.45) is 0. The minimum Gasteiger partial charge on any atom is -0.337 e. The molecule has 0 radical (unpaired) electrons. The van der Waals surface area contributed by atoms with Crippen LogP contribution in [0.25, 0.3) is 10.2 Å². The normalized spacial score (nSPS) is 12.0. The van der Waals surface area contributed by atoms with Gasteiger partial charge in [-0.1, -0.05) is 41.7 Å². The van der Waals surface area contributed by atoms with E-state index >= 15 is 0 Å². The van der Waals surface area contributed by atoms with Crippen molar-refractivity contribution in [2.24, 2.45) is 0 Å². The first-order valence-electron chi connectivity index (χ1n) is 7.06. The predicted molar refractivity (Wildman–Crippen MR) is 94.4 cm³/mol. The first-order chi connectivity index (χ1) is 11.2. The second kappa shape index (κ2) is 7.34. The molecule has 0 bridgehead atoms. The van der Waals surface area contributed by atoms with E-state index in [1.807, 2.05) is 54.6 Å². The number of nitrogens with zero attached hydrogens (tertiary/aromatic N) is 1. The first kappa shape index (κ1) is 15.6. The Morgan fingerprint density at radius 2 is 1.83 bits per heavy atom. The number of anilines is 1. The van der Waals surface area contributed by atoms with Crippen molar-refractivity contribution in [1.82, 2.24) is 10.3 Å². The maximum atomic E-state index is 12.0. The fraction of sp³-hybridized carbons (Fsp3) is 0.125. The van der Waals surface area contributed by atoms with Crippen LogP contribution in [-0.4, -0.2) is 27.5 Å². The molecule has 0 aliphatic heterocycles. The molecule has 7 heteroatoms. The summed E-state index contributed by atoms with van der Waals surface area (Å²) in [6, 6.07) is 16.6. The van der Waals surface area contributed by atoms with Gasteiger partial charge >= 0.3 is 6.03 Å². The molecule has 0 saturated heterocycles. The Balaban J connectivity index is 1.49. The monoisotopic (exact) mass is 345 g/mol. The van der Waals surface area contributed by atoms with E-state index in [0.717, 1.165) is 15.1 Å². The van der Waals surface area contributed by atoms with Crippen molar-refractivity contribution in [3.05, 3.63) is 54.6 Å². The van der Waals surface area contributed by atoms with E-state index < -0.39 is 10.8 Å². The molecule has 1 atom stereocenters. The largest absolute Gasteiger partial charge is 0.337 e. The summed E-state index contributed by atoms with van der Waals surface area (Å²) >= 11 is 1.42. The lowest BCUT2D eigenvalue weighted by atomic mass is 10.3. The van der Waals surface area contributed by atoms with Crippen LogP contribution in [0.15, 0.2) is 59.5 Å². The summed E-state index contributed by atoms with van der Waals surface area (Å²) in [4.78, 5) is 16.9. The molecule has 1 unspecified atom stereocenters. The molecule has 2 amide bonds. The zero-order chi connectivity index (χ0) is 16.1. The molecule has 3 rings (SSSR count). The van der Waals surface area contributed by atoms with Crippen molar-refractivity contribution in [2.45, 2.75) is 4.90 Å². The molecule has 0 spiro atoms. The number of carbonyl (C=O) groups is 1. The molecule has 1 heterocycles. The summed E-state index contributed by atoms with van der Waals surface area (Å²) in [7, 11) is -1.11. The van der Waals surface area contributed by atoms with E-state index in [-0.39, 0.29) is 6.03 Å². The molecule has 0 aliphatic rings. The number of nitrogens with one attached hydrogen (secondary N) is 2. The van der Waals surface area contributed by atoms with Crippen molar-refractivity contribution in [3.8, 4) is 0 Å². The van der Waals surface area contributed by atoms with Gasteiger partial charge in [0.15, 0.2) is 5.13 Å². The summed E-state index contributed by atoms with van der Waals surface area (Å²) < 4.78 is 13.1. The number of hydrogen-bond donors (Lipinski definition) is 2. The molecule has 23 heavy (non-hydrogen) atoms. The third-order valence-corrected chi connectivity index (χ3v) is 5.42. The molecule has 2 aromatic carbocycles. The topological polar surface area (TPSA) is 71.1 Å². The fourth-order valence-corrected chi connectivity index (χ4v) is 3.86. The second-order valence-corrected chi connectivity index (χ2v) is 7.33. The minimum absolute atomic E-state index is 0.332. The van der Waals surface area contributed by atoms with Gasteiger partial charge in [0.25, 0.3) is 0 Å². The van der Waals surface area contributed by atoms with Gasteiger partial charge in [0, 0.05) is 17.2 Å². The lowest BCUT2D eigenvalue weighted by molar-refractivity contribution is 0.252. The van der Waals surface area contributed by atoms with Crippen LogP contribution in [0, 0.1) is 0 Å². The van der Waals surface area contributed by atoms with Crippen molar-refractivity contribution in [1.29, 1.82) is 0 Å². The smallest absolute Gasteiger partial charge is 0.321 e. The van der Waals surface area contributed by atoms with Gasteiger partial charge in [0.05, 0.1) is 21.0 Å². The Morgan fingerprint density at radius 3 is 2.61 bits per heavy atom. The minimum atomic E-state index is -1.11. The van der Waals surface area contributed by atoms with Crippen molar-refractivity contribution < 1.29 is 9.00 Å². The van der Waals surface area contributed by atoms with Crippen LogP contribution in [0.2, 0.25) is 0 Å². The van der Waals surface area contributed by atoms with Gasteiger partial charge in [0.1, 0.15) is 0 Å². The maximum Gasteiger partial charge on any atom is 0.321 e. The molecule has 0 aliphatic carbocycles. The van der Waals surface area contributed by atoms with E-state index in [4.69, 9.17) is 0 Å². The molecule has 5 nitrogen and oxygen atoms in total. The number of benzene rings is 2. The van der Waals surface area contributed by atoms with Crippen LogP contribution in [0.1, 0.15) is 0 Å². The molecule has 0 saturated carbocycles. The van der Waals surface area contributed by atoms with Crippen LogP contribution in [0.3, 0.4) is 0 Å². The van der Waals surface area contributed by atoms with Gasteiger partial charge in [-0.05, 0) is 24.3 Å². The number of carbonyl (C=O) groups excluding carboxylic acids is 1. The third kappa shape index (κ3) is 4.14. The number of aromatic nitrogens is 1. The summed E-state index contributed by atoms with van der Waals surface area (Å²) in [6.45, 7) is 0.332. The van der Waals surface area contributed by atoms with Crippen molar-refractivity contribution >= 4 is 43.5 Å². The average Bonchev–Trinajstić information content (AvgIpc) is 2.97. The first-order valence-corrected chi connectivity index (χ1v) is 9.20. The van der Waals surface area contributed by atoms with Crippen LogP contribution < -0.4 is 10.6 Å². The van der Waals surface area contributed by atoms with Gasteiger partial charge < -0.3 is 5.32 Å². The van der Waals surface area contributed by atoms with Crippen molar-refractivity contribution in [3.63, 3.8) is 0 Å². The van der Waals surface area contributed by atoms with Crippen LogP contribution >= 0.6 is 11.3 Å². The lowest BCUT2D eigenvalue weighted by Gasteiger charge is -2.05. The van der Waals surface area contributed by atoms with E-state index in [2.05, 4.69) is 15.6 Å². The highest BCUT2D eigenvalue weighted by atomic mass is 32.2.